The molecule has 2 fully saturated rings. The number of aromatic nitrogens is 2. The van der Waals surface area contributed by atoms with E-state index in [0.717, 1.165) is 74.1 Å². The largest absolute Gasteiger partial charge is 0.487 e. The van der Waals surface area contributed by atoms with Gasteiger partial charge in [0.05, 0.1) is 31.3 Å². The maximum atomic E-state index is 9.18. The fraction of sp³-hybridized carbons (Fsp3) is 0.625. The van der Waals surface area contributed by atoms with Gasteiger partial charge in [-0.1, -0.05) is 11.6 Å². The maximum Gasteiger partial charge on any atom is 0.126 e. The van der Waals surface area contributed by atoms with E-state index in [4.69, 9.17) is 21.1 Å². The van der Waals surface area contributed by atoms with Crippen molar-refractivity contribution in [3.8, 4) is 5.75 Å². The van der Waals surface area contributed by atoms with Crippen LogP contribution in [0.2, 0.25) is 5.02 Å². The van der Waals surface area contributed by atoms with Crippen molar-refractivity contribution >= 4 is 11.6 Å². The second-order valence-corrected chi connectivity index (χ2v) is 10.5. The summed E-state index contributed by atoms with van der Waals surface area (Å²) in [6.45, 7) is 9.29. The molecule has 5 rings (SSSR count). The summed E-state index contributed by atoms with van der Waals surface area (Å²) in [6.07, 6.45) is 7.23. The van der Waals surface area contributed by atoms with Crippen molar-refractivity contribution in [3.63, 3.8) is 0 Å². The average Bonchev–Trinajstić information content (AvgIpc) is 3.22. The van der Waals surface area contributed by atoms with Crippen LogP contribution in [0.4, 0.5) is 0 Å². The summed E-state index contributed by atoms with van der Waals surface area (Å²) in [5.74, 6) is 1.23. The lowest BCUT2D eigenvalue weighted by Crippen LogP contribution is -2.54. The van der Waals surface area contributed by atoms with Crippen LogP contribution in [0.5, 0.6) is 5.75 Å². The third kappa shape index (κ3) is 4.11. The molecule has 1 spiro atoms. The summed E-state index contributed by atoms with van der Waals surface area (Å²) in [5.41, 5.74) is 1.80. The van der Waals surface area contributed by atoms with Crippen LogP contribution >= 0.6 is 11.6 Å². The number of fused-ring (bicyclic) bond motifs is 3. The molecule has 2 aromatic rings. The van der Waals surface area contributed by atoms with Gasteiger partial charge in [0.15, 0.2) is 0 Å². The fourth-order valence-corrected chi connectivity index (χ4v) is 5.77. The molecule has 31 heavy (non-hydrogen) atoms. The summed E-state index contributed by atoms with van der Waals surface area (Å²) in [7, 11) is 0. The number of hydrogen-bond acceptors (Lipinski definition) is 5. The van der Waals surface area contributed by atoms with E-state index in [1.165, 1.54) is 0 Å². The van der Waals surface area contributed by atoms with E-state index in [1.807, 2.05) is 24.4 Å². The summed E-state index contributed by atoms with van der Waals surface area (Å²) in [5, 5.41) is 9.92. The smallest absolute Gasteiger partial charge is 0.126 e. The topological polar surface area (TPSA) is 59.8 Å². The molecule has 0 amide bonds. The van der Waals surface area contributed by atoms with Crippen LogP contribution in [-0.2, 0) is 17.9 Å². The predicted molar refractivity (Wildman–Crippen MR) is 119 cm³/mol. The Morgan fingerprint density at radius 3 is 2.77 bits per heavy atom. The van der Waals surface area contributed by atoms with E-state index in [1.54, 1.807) is 6.33 Å². The van der Waals surface area contributed by atoms with Crippen LogP contribution in [-0.4, -0.2) is 51.4 Å². The number of aliphatic hydroxyl groups is 1. The molecule has 1 N–H and O–H groups in total. The Balaban J connectivity index is 1.23. The number of nitrogens with zero attached hydrogens (tertiary/aromatic N) is 3. The third-order valence-electron chi connectivity index (χ3n) is 7.57. The second-order valence-electron chi connectivity index (χ2n) is 10.0. The van der Waals surface area contributed by atoms with Crippen molar-refractivity contribution in [2.24, 2.45) is 11.3 Å². The molecule has 7 heteroatoms. The van der Waals surface area contributed by atoms with Gasteiger partial charge in [-0.2, -0.15) is 0 Å². The van der Waals surface area contributed by atoms with Crippen LogP contribution in [0.1, 0.15) is 50.5 Å². The first kappa shape index (κ1) is 21.3. The predicted octanol–water partition coefficient (Wildman–Crippen LogP) is 4.06. The van der Waals surface area contributed by atoms with E-state index in [0.29, 0.717) is 5.92 Å². The minimum atomic E-state index is -0.262. The minimum Gasteiger partial charge on any atom is -0.487 e. The second kappa shape index (κ2) is 8.07. The summed E-state index contributed by atoms with van der Waals surface area (Å²) < 4.78 is 15.1. The molecule has 4 heterocycles. The van der Waals surface area contributed by atoms with Crippen LogP contribution in [0.3, 0.4) is 0 Å². The number of hydrogen-bond donors (Lipinski definition) is 1. The first-order chi connectivity index (χ1) is 14.9. The highest BCUT2D eigenvalue weighted by Crippen LogP contribution is 2.55. The van der Waals surface area contributed by atoms with Gasteiger partial charge in [-0.25, -0.2) is 4.98 Å². The van der Waals surface area contributed by atoms with Gasteiger partial charge in [-0.05, 0) is 69.8 Å². The Bertz CT molecular complexity index is 936. The van der Waals surface area contributed by atoms with E-state index in [-0.39, 0.29) is 23.7 Å². The van der Waals surface area contributed by atoms with E-state index >= 15 is 0 Å². The van der Waals surface area contributed by atoms with Gasteiger partial charge in [-0.15, -0.1) is 0 Å². The third-order valence-corrected chi connectivity index (χ3v) is 7.81. The lowest BCUT2D eigenvalue weighted by Gasteiger charge is -2.54. The highest BCUT2D eigenvalue weighted by atomic mass is 35.5. The van der Waals surface area contributed by atoms with E-state index in [9.17, 15) is 5.11 Å². The lowest BCUT2D eigenvalue weighted by atomic mass is 9.64. The van der Waals surface area contributed by atoms with Crippen molar-refractivity contribution in [2.75, 3.05) is 26.2 Å². The van der Waals surface area contributed by atoms with Gasteiger partial charge < -0.3 is 24.0 Å². The average molecular weight is 446 g/mol. The first-order valence-electron chi connectivity index (χ1n) is 11.3. The number of piperidine rings is 1. The Morgan fingerprint density at radius 1 is 1.23 bits per heavy atom. The zero-order chi connectivity index (χ0) is 21.6. The number of imidazole rings is 1. The standard InChI is InChI=1S/C24H32ClN3O3/c1-23(2)20-12-24(15-30-22(20)19-11-17(25)3-4-21(19)31-23)5-7-27(8-6-24)9-10-28-13-18(14-29)26-16-28/h3-4,11,13,16,20,22,29H,5-10,12,14-15H2,1-2H3. The Morgan fingerprint density at radius 2 is 2.03 bits per heavy atom. The molecular weight excluding hydrogens is 414 g/mol. The van der Waals surface area contributed by atoms with Crippen molar-refractivity contribution in [2.45, 2.75) is 58.0 Å². The molecule has 3 aliphatic rings. The SMILES string of the molecule is CC1(C)Oc2ccc(Cl)cc2C2OCC3(CCN(CCn4cnc(CO)c4)CC3)CC21. The van der Waals surface area contributed by atoms with Crippen LogP contribution < -0.4 is 4.74 Å². The molecule has 2 saturated heterocycles. The number of rotatable bonds is 4. The molecule has 168 valence electrons. The molecule has 3 aliphatic heterocycles. The highest BCUT2D eigenvalue weighted by molar-refractivity contribution is 6.30. The molecule has 0 aliphatic carbocycles. The Kier molecular flexibility index (Phi) is 5.53. The molecule has 1 aromatic heterocycles. The zero-order valence-electron chi connectivity index (χ0n) is 18.4. The highest BCUT2D eigenvalue weighted by Gasteiger charge is 2.52. The molecular formula is C24H32ClN3O3. The molecule has 0 saturated carbocycles. The summed E-state index contributed by atoms with van der Waals surface area (Å²) in [6, 6.07) is 5.89. The summed E-state index contributed by atoms with van der Waals surface area (Å²) >= 11 is 6.29. The number of ether oxygens (including phenoxy) is 2. The maximum absolute atomic E-state index is 9.18. The molecule has 0 radical (unpaired) electrons. The fourth-order valence-electron chi connectivity index (χ4n) is 5.59. The van der Waals surface area contributed by atoms with Crippen molar-refractivity contribution in [1.82, 2.24) is 14.5 Å². The number of likely N-dealkylation sites (tertiary alicyclic amines) is 1. The van der Waals surface area contributed by atoms with Crippen LogP contribution in [0.25, 0.3) is 0 Å². The molecule has 1 aromatic carbocycles. The number of aliphatic hydroxyl groups excluding tert-OH is 1. The number of benzene rings is 1. The Labute approximate surface area is 189 Å². The quantitative estimate of drug-likeness (QED) is 0.769. The normalized spacial score (nSPS) is 26.8. The van der Waals surface area contributed by atoms with Crippen LogP contribution in [0, 0.1) is 11.3 Å². The van der Waals surface area contributed by atoms with Crippen LogP contribution in [0.15, 0.2) is 30.7 Å². The van der Waals surface area contributed by atoms with E-state index < -0.39 is 0 Å². The van der Waals surface area contributed by atoms with Crippen molar-refractivity contribution in [3.05, 3.63) is 47.0 Å². The van der Waals surface area contributed by atoms with Gasteiger partial charge >= 0.3 is 0 Å². The van der Waals surface area contributed by atoms with Gasteiger partial charge in [-0.3, -0.25) is 0 Å². The Hall–Kier alpha value is -1.60. The van der Waals surface area contributed by atoms with Gasteiger partial charge in [0.25, 0.3) is 0 Å². The lowest BCUT2D eigenvalue weighted by molar-refractivity contribution is -0.174. The van der Waals surface area contributed by atoms with Gasteiger partial charge in [0.1, 0.15) is 11.4 Å². The molecule has 2 atom stereocenters. The zero-order valence-corrected chi connectivity index (χ0v) is 19.1. The first-order valence-corrected chi connectivity index (χ1v) is 11.7. The minimum absolute atomic E-state index is 0.00185. The number of halogens is 1. The van der Waals surface area contributed by atoms with Crippen molar-refractivity contribution in [1.29, 1.82) is 0 Å². The molecule has 6 nitrogen and oxygen atoms in total. The summed E-state index contributed by atoms with van der Waals surface area (Å²) in [4.78, 5) is 6.73. The molecule has 0 bridgehead atoms. The van der Waals surface area contributed by atoms with Gasteiger partial charge in [0.2, 0.25) is 0 Å². The molecule has 2 unspecified atom stereocenters. The monoisotopic (exact) mass is 445 g/mol. The van der Waals surface area contributed by atoms with Gasteiger partial charge in [0, 0.05) is 35.8 Å². The van der Waals surface area contributed by atoms with Crippen molar-refractivity contribution < 1.29 is 14.6 Å². The van der Waals surface area contributed by atoms with E-state index in [2.05, 4.69) is 28.3 Å².